The predicted molar refractivity (Wildman–Crippen MR) is 268 cm³/mol. The number of esters is 1. The van der Waals surface area contributed by atoms with Crippen molar-refractivity contribution in [1.82, 2.24) is 41.7 Å². The van der Waals surface area contributed by atoms with Gasteiger partial charge in [0.1, 0.15) is 67.3 Å². The van der Waals surface area contributed by atoms with E-state index in [4.69, 9.17) is 9.47 Å². The molecule has 0 unspecified atom stereocenters. The van der Waals surface area contributed by atoms with Crippen molar-refractivity contribution in [2.24, 2.45) is 11.8 Å². The van der Waals surface area contributed by atoms with Crippen molar-refractivity contribution in [2.45, 2.75) is 140 Å². The molecule has 21 heteroatoms. The number of nitrogens with one attached hydrogen (secondary N) is 6. The van der Waals surface area contributed by atoms with Crippen LogP contribution >= 0.6 is 15.9 Å². The third-order valence-corrected chi connectivity index (χ3v) is 13.7. The van der Waals surface area contributed by atoms with Crippen molar-refractivity contribution in [3.63, 3.8) is 0 Å². The summed E-state index contributed by atoms with van der Waals surface area (Å²) in [4.78, 5) is 129. The van der Waals surface area contributed by atoms with Gasteiger partial charge >= 0.3 is 12.1 Å². The third kappa shape index (κ3) is 14.9. The molecule has 73 heavy (non-hydrogen) atoms. The van der Waals surface area contributed by atoms with E-state index in [1.54, 1.807) is 92.7 Å². The second kappa shape index (κ2) is 25.2. The van der Waals surface area contributed by atoms with Crippen molar-refractivity contribution in [2.75, 3.05) is 7.05 Å². The number of hydrogen-bond donors (Lipinski definition) is 7. The topological polar surface area (TPSA) is 271 Å². The van der Waals surface area contributed by atoms with Crippen LogP contribution < -0.4 is 31.9 Å². The number of alkyl carbamates (subject to hydrolysis) is 1. The van der Waals surface area contributed by atoms with E-state index in [9.17, 15) is 43.5 Å². The lowest BCUT2D eigenvalue weighted by Crippen LogP contribution is -2.65. The molecule has 2 saturated heterocycles. The van der Waals surface area contributed by atoms with Crippen LogP contribution in [0.3, 0.4) is 0 Å². The maximum Gasteiger partial charge on any atom is 0.408 e. The number of carbonyl (C=O) groups is 9. The second-order valence-electron chi connectivity index (χ2n) is 19.2. The number of fused-ring (bicyclic) bond motifs is 2. The van der Waals surface area contributed by atoms with Gasteiger partial charge in [-0.15, -0.1) is 0 Å². The minimum absolute atomic E-state index is 0.0173. The van der Waals surface area contributed by atoms with E-state index < -0.39 is 120 Å². The highest BCUT2D eigenvalue weighted by molar-refractivity contribution is 9.10. The lowest BCUT2D eigenvalue weighted by atomic mass is 9.95. The molecule has 3 fully saturated rings. The summed E-state index contributed by atoms with van der Waals surface area (Å²) in [5.41, 5.74) is 2.00. The number of benzene rings is 3. The summed E-state index contributed by atoms with van der Waals surface area (Å²) < 4.78 is 11.9. The third-order valence-electron chi connectivity index (χ3n) is 13.2. The van der Waals surface area contributed by atoms with E-state index in [0.717, 1.165) is 14.9 Å². The van der Waals surface area contributed by atoms with Crippen LogP contribution in [0.25, 0.3) is 0 Å². The first kappa shape index (κ1) is 55.4. The fourth-order valence-corrected chi connectivity index (χ4v) is 8.93. The Bertz CT molecular complexity index is 2480. The highest BCUT2D eigenvalue weighted by atomic mass is 79.9. The lowest BCUT2D eigenvalue weighted by molar-refractivity contribution is -0.165. The summed E-state index contributed by atoms with van der Waals surface area (Å²) in [6, 6.07) is 14.0. The Morgan fingerprint density at radius 3 is 1.92 bits per heavy atom. The molecule has 3 aliphatic rings. The van der Waals surface area contributed by atoms with Crippen LogP contribution in [0.5, 0.6) is 0 Å². The quantitative estimate of drug-likeness (QED) is 0.121. The van der Waals surface area contributed by atoms with Crippen LogP contribution in [0.2, 0.25) is 0 Å². The van der Waals surface area contributed by atoms with Crippen molar-refractivity contribution in [3.8, 4) is 0 Å². The van der Waals surface area contributed by atoms with Gasteiger partial charge in [-0.05, 0) is 87.1 Å². The minimum Gasteiger partial charge on any atom is -0.458 e. The van der Waals surface area contributed by atoms with Crippen molar-refractivity contribution < 1.29 is 57.7 Å². The maximum absolute atomic E-state index is 15.1. The summed E-state index contributed by atoms with van der Waals surface area (Å²) >= 11 is 3.43. The number of nitrogens with zero attached hydrogens (tertiary/aromatic N) is 2. The van der Waals surface area contributed by atoms with Gasteiger partial charge in [0.05, 0.1) is 0 Å². The molecular formula is C52H65BrN8O12. The number of piperidine rings is 1. The zero-order valence-electron chi connectivity index (χ0n) is 41.7. The average Bonchev–Trinajstić information content (AvgIpc) is 4.21. The molecule has 2 heterocycles. The number of halogens is 1. The Morgan fingerprint density at radius 2 is 1.30 bits per heavy atom. The molecule has 7 N–H and O–H groups in total. The number of carbonyl (C=O) groups excluding carboxylic acids is 9. The van der Waals surface area contributed by atoms with Gasteiger partial charge in [0.15, 0.2) is 0 Å². The first-order valence-corrected chi connectivity index (χ1v) is 25.3. The molecule has 6 rings (SSSR count). The number of likely N-dealkylation sites (N-methyl/N-ethyl adjacent to an activating group) is 1. The summed E-state index contributed by atoms with van der Waals surface area (Å²) in [7, 11) is 1.41. The molecule has 3 aromatic rings. The SMILES string of the molecule is CC(C)[C@@H]1NC(=O)[C@H](Cc2ccccc2)N(C)C(=O)[C@H](Cc2ccc(Br)cc2)N2C(=O)[C@H](CC[C@H]2O)NC(=O)[C@H](C2CC2)NC(=O)[C@@H](NC(=O)[C@H](C)NC(=O)[C@H](C)NC(=O)OCc2ccccc2)[C@@H](C)OC1=O. The van der Waals surface area contributed by atoms with Gasteiger partial charge in [-0.25, -0.2) is 9.59 Å². The van der Waals surface area contributed by atoms with E-state index in [1.807, 2.05) is 6.07 Å². The highest BCUT2D eigenvalue weighted by Gasteiger charge is 2.47. The smallest absolute Gasteiger partial charge is 0.408 e. The van der Waals surface area contributed by atoms with Crippen LogP contribution in [0.1, 0.15) is 77.0 Å². The van der Waals surface area contributed by atoms with Crippen LogP contribution in [-0.4, -0.2) is 136 Å². The van der Waals surface area contributed by atoms with Crippen LogP contribution in [0.15, 0.2) is 89.4 Å². The summed E-state index contributed by atoms with van der Waals surface area (Å²) in [6.45, 7) is 7.29. The molecule has 0 spiro atoms. The number of ether oxygens (including phenoxy) is 2. The van der Waals surface area contributed by atoms with Gasteiger partial charge in [-0.1, -0.05) is 103 Å². The van der Waals surface area contributed by atoms with E-state index in [0.29, 0.717) is 24.0 Å². The molecule has 1 saturated carbocycles. The Morgan fingerprint density at radius 1 is 0.712 bits per heavy atom. The number of cyclic esters (lactones) is 1. The first-order valence-electron chi connectivity index (χ1n) is 24.5. The van der Waals surface area contributed by atoms with Gasteiger partial charge in [0.25, 0.3) is 0 Å². The lowest BCUT2D eigenvalue weighted by Gasteiger charge is -2.43. The normalized spacial score (nSPS) is 25.3. The Balaban J connectivity index is 1.31. The number of amides is 8. The summed E-state index contributed by atoms with van der Waals surface area (Å²) in [6.07, 6.45) is -2.96. The molecule has 0 aromatic heterocycles. The standard InChI is InChI=1S/C52H65BrN8O12/c1-28(2)41-51(70)73-31(5)42(58-45(64)29(3)54-44(63)30(4)55-52(71)72-27-34-15-11-8-12-16-34)47(66)59-43(35-19-20-35)48(67)56-37-23-24-40(62)61(49(37)68)39(26-33-17-21-36(53)22-18-33)50(69)60(6)38(46(65)57-41)25-32-13-9-7-10-14-32/h7-18,21-22,28-31,35,37-43,62H,19-20,23-27H2,1-6H3,(H,54,63)(H,55,71)(H,56,67)(H,57,65)(H,58,64)(H,59,66)/t29-,30-,31+,37-,38-,39-,40+,41-,42-,43-/m0/s1. The summed E-state index contributed by atoms with van der Waals surface area (Å²) in [5.74, 6) is -7.61. The molecule has 20 nitrogen and oxygen atoms in total. The van der Waals surface area contributed by atoms with Gasteiger partial charge in [-0.3, -0.25) is 33.6 Å². The summed E-state index contributed by atoms with van der Waals surface area (Å²) in [5, 5.41) is 27.2. The molecule has 2 bridgehead atoms. The molecule has 3 aromatic carbocycles. The largest absolute Gasteiger partial charge is 0.458 e. The molecule has 8 amide bonds. The molecule has 2 aliphatic heterocycles. The molecule has 10 atom stereocenters. The van der Waals surface area contributed by atoms with Crippen LogP contribution in [0.4, 0.5) is 4.79 Å². The van der Waals surface area contributed by atoms with Crippen molar-refractivity contribution in [1.29, 1.82) is 0 Å². The van der Waals surface area contributed by atoms with Gasteiger partial charge in [-0.2, -0.15) is 0 Å². The number of aliphatic hydroxyl groups excluding tert-OH is 1. The molecular weight excluding hydrogens is 1010 g/mol. The fraction of sp³-hybridized carbons (Fsp3) is 0.481. The van der Waals surface area contributed by atoms with E-state index >= 15 is 4.79 Å². The molecule has 1 aliphatic carbocycles. The number of hydrogen-bond acceptors (Lipinski definition) is 12. The highest BCUT2D eigenvalue weighted by Crippen LogP contribution is 2.33. The number of aliphatic hydroxyl groups is 1. The van der Waals surface area contributed by atoms with Gasteiger partial charge in [0, 0.05) is 24.4 Å². The minimum atomic E-state index is -1.70. The Hall–Kier alpha value is -6.87. The fourth-order valence-electron chi connectivity index (χ4n) is 8.67. The van der Waals surface area contributed by atoms with E-state index in [1.165, 1.54) is 32.7 Å². The Kier molecular flexibility index (Phi) is 19.1. The first-order chi connectivity index (χ1) is 34.7. The number of rotatable bonds is 13. The van der Waals surface area contributed by atoms with Crippen LogP contribution in [0, 0.1) is 11.8 Å². The molecule has 0 radical (unpaired) electrons. The second-order valence-corrected chi connectivity index (χ2v) is 20.1. The molecule has 392 valence electrons. The monoisotopic (exact) mass is 1070 g/mol. The van der Waals surface area contributed by atoms with E-state index in [-0.39, 0.29) is 38.2 Å². The van der Waals surface area contributed by atoms with Gasteiger partial charge in [0.2, 0.25) is 41.4 Å². The van der Waals surface area contributed by atoms with Crippen LogP contribution in [-0.2, 0) is 67.3 Å². The maximum atomic E-state index is 15.1. The van der Waals surface area contributed by atoms with Gasteiger partial charge < -0.3 is 56.3 Å². The van der Waals surface area contributed by atoms with E-state index in [2.05, 4.69) is 47.8 Å². The average molecular weight is 1070 g/mol. The zero-order chi connectivity index (χ0) is 53.1. The van der Waals surface area contributed by atoms with Crippen molar-refractivity contribution >= 4 is 69.3 Å². The van der Waals surface area contributed by atoms with Crippen molar-refractivity contribution in [3.05, 3.63) is 106 Å². The Labute approximate surface area is 432 Å². The zero-order valence-corrected chi connectivity index (χ0v) is 43.3. The predicted octanol–water partition coefficient (Wildman–Crippen LogP) is 2.14.